The van der Waals surface area contributed by atoms with Gasteiger partial charge < -0.3 is 9.31 Å². The lowest BCUT2D eigenvalue weighted by atomic mass is 9.61. The summed E-state index contributed by atoms with van der Waals surface area (Å²) in [6.07, 6.45) is 5.68. The normalized spacial score (nSPS) is 38.7. The van der Waals surface area contributed by atoms with E-state index in [1.165, 1.54) is 12.8 Å². The van der Waals surface area contributed by atoms with E-state index in [0.29, 0.717) is 5.92 Å². The van der Waals surface area contributed by atoms with Gasteiger partial charge in [0.05, 0.1) is 11.2 Å². The van der Waals surface area contributed by atoms with E-state index in [1.54, 1.807) is 0 Å². The van der Waals surface area contributed by atoms with Gasteiger partial charge in [-0.3, -0.25) is 0 Å². The van der Waals surface area contributed by atoms with E-state index in [4.69, 9.17) is 9.31 Å². The zero-order valence-electron chi connectivity index (χ0n) is 12.5. The highest BCUT2D eigenvalue weighted by Crippen LogP contribution is 2.50. The third-order valence-corrected chi connectivity index (χ3v) is 5.65. The highest BCUT2D eigenvalue weighted by atomic mass is 19.1. The molecule has 0 aromatic heterocycles. The van der Waals surface area contributed by atoms with Gasteiger partial charge in [-0.15, -0.1) is 0 Å². The molecule has 0 aromatic rings. The monoisotopic (exact) mass is 266 g/mol. The van der Waals surface area contributed by atoms with Crippen molar-refractivity contribution < 1.29 is 13.7 Å². The van der Waals surface area contributed by atoms with Crippen LogP contribution in [0.15, 0.2) is 11.3 Å². The van der Waals surface area contributed by atoms with Crippen molar-refractivity contribution in [2.75, 3.05) is 0 Å². The molecule has 0 bridgehead atoms. The average molecular weight is 266 g/mol. The molecule has 2 nitrogen and oxygen atoms in total. The maximum absolute atomic E-state index is 14.8. The summed E-state index contributed by atoms with van der Waals surface area (Å²) in [5.74, 6) is 1.18. The van der Waals surface area contributed by atoms with E-state index in [-0.39, 0.29) is 5.73 Å². The van der Waals surface area contributed by atoms with Crippen molar-refractivity contribution in [2.45, 2.75) is 71.0 Å². The molecule has 0 radical (unpaired) electrons. The van der Waals surface area contributed by atoms with E-state index in [2.05, 4.69) is 0 Å². The van der Waals surface area contributed by atoms with Gasteiger partial charge in [-0.25, -0.2) is 4.39 Å². The second-order valence-corrected chi connectivity index (χ2v) is 7.30. The molecular formula is C15H24BFO2. The van der Waals surface area contributed by atoms with Crippen LogP contribution in [0, 0.1) is 11.8 Å². The SMILES string of the molecule is CC1(C)OB(C(F)=C2CCCC3CCC23)OC1(C)C. The summed E-state index contributed by atoms with van der Waals surface area (Å²) >= 11 is 0. The topological polar surface area (TPSA) is 18.5 Å². The Labute approximate surface area is 115 Å². The minimum atomic E-state index is -0.792. The van der Waals surface area contributed by atoms with Crippen LogP contribution >= 0.6 is 0 Å². The minimum absolute atomic E-state index is 0.131. The Bertz CT molecular complexity index is 400. The van der Waals surface area contributed by atoms with Gasteiger partial charge in [0.25, 0.3) is 0 Å². The predicted octanol–water partition coefficient (Wildman–Crippen LogP) is 4.05. The van der Waals surface area contributed by atoms with Crippen LogP contribution in [0.3, 0.4) is 0 Å². The molecular weight excluding hydrogens is 242 g/mol. The number of allylic oxidation sites excluding steroid dienone is 1. The summed E-state index contributed by atoms with van der Waals surface area (Å²) in [5, 5.41) is 0. The summed E-state index contributed by atoms with van der Waals surface area (Å²) in [6, 6.07) is 0. The third-order valence-electron chi connectivity index (χ3n) is 5.65. The Morgan fingerprint density at radius 1 is 1.11 bits per heavy atom. The second kappa shape index (κ2) is 4.32. The summed E-state index contributed by atoms with van der Waals surface area (Å²) in [5.41, 5.74) is -0.0546. The first-order valence-corrected chi connectivity index (χ1v) is 7.56. The first-order chi connectivity index (χ1) is 8.82. The van der Waals surface area contributed by atoms with Crippen LogP contribution in [0.5, 0.6) is 0 Å². The molecule has 0 amide bonds. The first-order valence-electron chi connectivity index (χ1n) is 7.56. The average Bonchev–Trinajstić information content (AvgIpc) is 2.48. The highest BCUT2D eigenvalue weighted by Gasteiger charge is 2.54. The fraction of sp³-hybridized carbons (Fsp3) is 0.867. The molecule has 0 spiro atoms. The molecule has 3 rings (SSSR count). The third kappa shape index (κ3) is 2.08. The molecule has 2 aliphatic carbocycles. The summed E-state index contributed by atoms with van der Waals surface area (Å²) in [4.78, 5) is 0. The zero-order chi connectivity index (χ0) is 13.8. The largest absolute Gasteiger partial charge is 0.525 e. The van der Waals surface area contributed by atoms with Gasteiger partial charge in [0, 0.05) is 0 Å². The van der Waals surface area contributed by atoms with Crippen LogP contribution in [0.1, 0.15) is 59.8 Å². The van der Waals surface area contributed by atoms with Crippen molar-refractivity contribution in [2.24, 2.45) is 11.8 Å². The second-order valence-electron chi connectivity index (χ2n) is 7.30. The van der Waals surface area contributed by atoms with E-state index < -0.39 is 18.3 Å². The van der Waals surface area contributed by atoms with E-state index >= 15 is 0 Å². The lowest BCUT2D eigenvalue weighted by molar-refractivity contribution is 0.00578. The van der Waals surface area contributed by atoms with Crippen molar-refractivity contribution in [1.82, 2.24) is 0 Å². The van der Waals surface area contributed by atoms with Gasteiger partial charge in [-0.1, -0.05) is 0 Å². The number of hydrogen-bond acceptors (Lipinski definition) is 2. The fourth-order valence-corrected chi connectivity index (χ4v) is 3.51. The Hall–Kier alpha value is -0.345. The smallest absolute Gasteiger partial charge is 0.398 e. The quantitative estimate of drug-likeness (QED) is 0.666. The molecule has 1 heterocycles. The van der Waals surface area contributed by atoms with Crippen LogP contribution < -0.4 is 0 Å². The van der Waals surface area contributed by atoms with Crippen molar-refractivity contribution in [3.63, 3.8) is 0 Å². The zero-order valence-corrected chi connectivity index (χ0v) is 12.5. The molecule has 2 atom stereocenters. The Kier molecular flexibility index (Phi) is 3.10. The molecule has 0 aromatic carbocycles. The molecule has 0 N–H and O–H groups in total. The van der Waals surface area contributed by atoms with Crippen molar-refractivity contribution in [3.05, 3.63) is 11.3 Å². The van der Waals surface area contributed by atoms with Gasteiger partial charge in [-0.05, 0) is 77.2 Å². The molecule has 3 aliphatic rings. The van der Waals surface area contributed by atoms with Crippen molar-refractivity contribution >= 4 is 7.12 Å². The van der Waals surface area contributed by atoms with Gasteiger partial charge >= 0.3 is 7.12 Å². The minimum Gasteiger partial charge on any atom is -0.398 e. The molecule has 1 aliphatic heterocycles. The van der Waals surface area contributed by atoms with Crippen LogP contribution in [-0.2, 0) is 9.31 Å². The number of hydrogen-bond donors (Lipinski definition) is 0. The van der Waals surface area contributed by atoms with Gasteiger partial charge in [0.1, 0.15) is 5.73 Å². The molecule has 3 fully saturated rings. The Morgan fingerprint density at radius 3 is 2.26 bits per heavy atom. The van der Waals surface area contributed by atoms with Crippen LogP contribution in [0.2, 0.25) is 0 Å². The van der Waals surface area contributed by atoms with Crippen LogP contribution in [0.4, 0.5) is 4.39 Å². The van der Waals surface area contributed by atoms with E-state index in [1.807, 2.05) is 27.7 Å². The number of fused-ring (bicyclic) bond motifs is 1. The van der Waals surface area contributed by atoms with E-state index in [0.717, 1.165) is 30.8 Å². The fourth-order valence-electron chi connectivity index (χ4n) is 3.51. The molecule has 2 unspecified atom stereocenters. The first kappa shape index (κ1) is 13.6. The number of halogens is 1. The maximum atomic E-state index is 14.8. The van der Waals surface area contributed by atoms with Gasteiger partial charge in [0.15, 0.2) is 0 Å². The lowest BCUT2D eigenvalue weighted by Gasteiger charge is -2.42. The Morgan fingerprint density at radius 2 is 1.74 bits per heavy atom. The molecule has 2 saturated carbocycles. The van der Waals surface area contributed by atoms with Gasteiger partial charge in [0.2, 0.25) is 0 Å². The van der Waals surface area contributed by atoms with Crippen LogP contribution in [-0.4, -0.2) is 18.3 Å². The summed E-state index contributed by atoms with van der Waals surface area (Å²) in [7, 11) is -0.792. The maximum Gasteiger partial charge on any atom is 0.525 e. The van der Waals surface area contributed by atoms with Crippen molar-refractivity contribution in [3.8, 4) is 0 Å². The standard InChI is InChI=1S/C15H24BFO2/c1-14(2)15(3,4)19-16(18-14)13(17)12-7-5-6-10-8-9-11(10)12/h10-11H,5-9H2,1-4H3. The number of rotatable bonds is 1. The van der Waals surface area contributed by atoms with E-state index in [9.17, 15) is 4.39 Å². The molecule has 1 saturated heterocycles. The van der Waals surface area contributed by atoms with Crippen molar-refractivity contribution in [1.29, 1.82) is 0 Å². The Balaban J connectivity index is 1.83. The molecule has 106 valence electrons. The predicted molar refractivity (Wildman–Crippen MR) is 74.3 cm³/mol. The van der Waals surface area contributed by atoms with Gasteiger partial charge in [-0.2, -0.15) is 0 Å². The van der Waals surface area contributed by atoms with Crippen LogP contribution in [0.25, 0.3) is 0 Å². The summed E-state index contributed by atoms with van der Waals surface area (Å²) in [6.45, 7) is 7.88. The molecule has 19 heavy (non-hydrogen) atoms. The lowest BCUT2D eigenvalue weighted by Crippen LogP contribution is -2.41. The molecule has 4 heteroatoms. The summed E-state index contributed by atoms with van der Waals surface area (Å²) < 4.78 is 26.4. The highest BCUT2D eigenvalue weighted by molar-refractivity contribution is 6.53.